The molecule has 0 saturated carbocycles. The second-order valence-corrected chi connectivity index (χ2v) is 6.97. The van der Waals surface area contributed by atoms with E-state index in [1.54, 1.807) is 6.20 Å². The number of likely N-dealkylation sites (tertiary alicyclic amines) is 1. The third-order valence-corrected chi connectivity index (χ3v) is 5.03. The number of fused-ring (bicyclic) bond motifs is 1. The van der Waals surface area contributed by atoms with E-state index in [9.17, 15) is 4.79 Å². The maximum atomic E-state index is 11.5. The van der Waals surface area contributed by atoms with Gasteiger partial charge in [-0.05, 0) is 43.9 Å². The Morgan fingerprint density at radius 2 is 2.12 bits per heavy atom. The number of rotatable bonds is 7. The van der Waals surface area contributed by atoms with Crippen LogP contribution in [-0.2, 0) is 11.2 Å². The molecule has 6 heteroatoms. The van der Waals surface area contributed by atoms with Gasteiger partial charge in [0.25, 0.3) is 0 Å². The summed E-state index contributed by atoms with van der Waals surface area (Å²) in [5, 5.41) is 10.7. The summed E-state index contributed by atoms with van der Waals surface area (Å²) in [6, 6.07) is 5.95. The number of benzene rings is 1. The fourth-order valence-electron chi connectivity index (χ4n) is 3.43. The number of hydrogen-bond donors (Lipinski definition) is 3. The highest BCUT2D eigenvalue weighted by molar-refractivity contribution is 5.98. The molecule has 2 aliphatic rings. The lowest BCUT2D eigenvalue weighted by Gasteiger charge is -2.28. The minimum atomic E-state index is 0.0788. The highest BCUT2D eigenvalue weighted by atomic mass is 16.5. The molecule has 6 nitrogen and oxygen atoms in total. The Labute approximate surface area is 154 Å². The van der Waals surface area contributed by atoms with E-state index in [0.717, 1.165) is 68.7 Å². The number of amides is 1. The number of piperidine rings is 1. The quantitative estimate of drug-likeness (QED) is 0.655. The van der Waals surface area contributed by atoms with Crippen LogP contribution >= 0.6 is 0 Å². The van der Waals surface area contributed by atoms with E-state index in [2.05, 4.69) is 10.2 Å². The van der Waals surface area contributed by atoms with Crippen LogP contribution in [0.5, 0.6) is 5.75 Å². The predicted octanol–water partition coefficient (Wildman–Crippen LogP) is 2.69. The molecule has 0 spiro atoms. The Morgan fingerprint density at radius 3 is 2.96 bits per heavy atom. The minimum absolute atomic E-state index is 0.0788. The predicted molar refractivity (Wildman–Crippen MR) is 104 cm³/mol. The van der Waals surface area contributed by atoms with Gasteiger partial charge < -0.3 is 21.2 Å². The van der Waals surface area contributed by atoms with Crippen LogP contribution in [0.15, 0.2) is 30.0 Å². The van der Waals surface area contributed by atoms with Gasteiger partial charge in [0, 0.05) is 55.2 Å². The van der Waals surface area contributed by atoms with Crippen molar-refractivity contribution in [3.8, 4) is 5.75 Å². The Hall–Kier alpha value is -2.34. The summed E-state index contributed by atoms with van der Waals surface area (Å²) in [7, 11) is 0. The molecule has 0 unspecified atom stereocenters. The number of anilines is 1. The number of unbranched alkanes of at least 4 members (excludes halogenated alkanes) is 2. The molecule has 1 aromatic carbocycles. The molecule has 1 amide bonds. The molecule has 1 aromatic rings. The lowest BCUT2D eigenvalue weighted by molar-refractivity contribution is -0.116. The summed E-state index contributed by atoms with van der Waals surface area (Å²) >= 11 is 0. The van der Waals surface area contributed by atoms with Gasteiger partial charge in [-0.3, -0.25) is 9.69 Å². The van der Waals surface area contributed by atoms with Crippen molar-refractivity contribution in [1.82, 2.24) is 4.90 Å². The number of carbonyl (C=O) groups excluding carboxylic acids is 1. The molecule has 1 saturated heterocycles. The summed E-state index contributed by atoms with van der Waals surface area (Å²) in [5.74, 6) is 0.897. The molecule has 4 N–H and O–H groups in total. The fraction of sp³-hybridized carbons (Fsp3) is 0.500. The number of ether oxygens (including phenoxy) is 1. The Balaban J connectivity index is 1.33. The molecule has 26 heavy (non-hydrogen) atoms. The highest BCUT2D eigenvalue weighted by Crippen LogP contribution is 2.27. The van der Waals surface area contributed by atoms with Gasteiger partial charge in [0.2, 0.25) is 5.91 Å². The van der Waals surface area contributed by atoms with Gasteiger partial charge in [-0.15, -0.1) is 0 Å². The van der Waals surface area contributed by atoms with Crippen molar-refractivity contribution in [1.29, 1.82) is 5.41 Å². The molecule has 0 aliphatic carbocycles. The van der Waals surface area contributed by atoms with Crippen LogP contribution in [0.3, 0.4) is 0 Å². The van der Waals surface area contributed by atoms with Gasteiger partial charge in [-0.1, -0.05) is 6.07 Å². The van der Waals surface area contributed by atoms with E-state index >= 15 is 0 Å². The second-order valence-electron chi connectivity index (χ2n) is 6.97. The number of aryl methyl sites for hydroxylation is 1. The normalized spacial score (nSPS) is 19.3. The number of nitrogens with one attached hydrogen (secondary N) is 2. The average molecular weight is 356 g/mol. The van der Waals surface area contributed by atoms with Crippen molar-refractivity contribution in [3.05, 3.63) is 35.5 Å². The summed E-state index contributed by atoms with van der Waals surface area (Å²) in [5.41, 5.74) is 9.29. The molecule has 2 aliphatic heterocycles. The van der Waals surface area contributed by atoms with Crippen molar-refractivity contribution >= 4 is 17.3 Å². The van der Waals surface area contributed by atoms with Crippen molar-refractivity contribution in [2.75, 3.05) is 31.6 Å². The molecule has 0 bridgehead atoms. The van der Waals surface area contributed by atoms with E-state index in [-0.39, 0.29) is 5.91 Å². The average Bonchev–Trinajstić information content (AvgIpc) is 2.65. The van der Waals surface area contributed by atoms with E-state index in [1.807, 2.05) is 18.2 Å². The van der Waals surface area contributed by atoms with E-state index in [4.69, 9.17) is 15.9 Å². The molecule has 3 rings (SSSR count). The van der Waals surface area contributed by atoms with Crippen LogP contribution in [0.2, 0.25) is 0 Å². The van der Waals surface area contributed by atoms with E-state index in [1.165, 1.54) is 5.56 Å². The van der Waals surface area contributed by atoms with Crippen LogP contribution in [-0.4, -0.2) is 42.8 Å². The van der Waals surface area contributed by atoms with Crippen LogP contribution < -0.4 is 15.8 Å². The van der Waals surface area contributed by atoms with Crippen molar-refractivity contribution < 1.29 is 9.53 Å². The SMILES string of the molecule is N=C1CCN(CCCCCOc2ccc3c(c2)NC(=O)CC3)CC1=CN. The van der Waals surface area contributed by atoms with Crippen molar-refractivity contribution in [2.45, 2.75) is 38.5 Å². The number of nitrogens with zero attached hydrogens (tertiary/aromatic N) is 1. The zero-order valence-corrected chi connectivity index (χ0v) is 15.2. The standard InChI is InChI=1S/C20H28N4O2/c21-13-16-14-24(10-8-18(16)22)9-2-1-3-11-26-17-6-4-15-5-7-20(25)23-19(15)12-17/h4,6,12-13,22H,1-3,5,7-11,14,21H2,(H,23,25). The molecular formula is C20H28N4O2. The van der Waals surface area contributed by atoms with Crippen LogP contribution in [0.4, 0.5) is 5.69 Å². The third-order valence-electron chi connectivity index (χ3n) is 5.03. The monoisotopic (exact) mass is 356 g/mol. The van der Waals surface area contributed by atoms with Crippen LogP contribution in [0, 0.1) is 5.41 Å². The summed E-state index contributed by atoms with van der Waals surface area (Å²) in [4.78, 5) is 13.8. The zero-order chi connectivity index (χ0) is 18.4. The fourth-order valence-corrected chi connectivity index (χ4v) is 3.43. The maximum absolute atomic E-state index is 11.5. The first-order chi connectivity index (χ1) is 12.7. The maximum Gasteiger partial charge on any atom is 0.224 e. The third kappa shape index (κ3) is 4.85. The largest absolute Gasteiger partial charge is 0.494 e. The van der Waals surface area contributed by atoms with Gasteiger partial charge in [0.05, 0.1) is 6.61 Å². The molecule has 0 atom stereocenters. The topological polar surface area (TPSA) is 91.4 Å². The van der Waals surface area contributed by atoms with Crippen molar-refractivity contribution in [2.24, 2.45) is 5.73 Å². The molecule has 0 radical (unpaired) electrons. The van der Waals surface area contributed by atoms with Crippen molar-refractivity contribution in [3.63, 3.8) is 0 Å². The van der Waals surface area contributed by atoms with Gasteiger partial charge in [0.15, 0.2) is 0 Å². The minimum Gasteiger partial charge on any atom is -0.494 e. The van der Waals surface area contributed by atoms with E-state index in [0.29, 0.717) is 18.7 Å². The summed E-state index contributed by atoms with van der Waals surface area (Å²) < 4.78 is 5.83. The summed E-state index contributed by atoms with van der Waals surface area (Å²) in [6.07, 6.45) is 6.97. The van der Waals surface area contributed by atoms with Crippen LogP contribution in [0.25, 0.3) is 0 Å². The van der Waals surface area contributed by atoms with E-state index < -0.39 is 0 Å². The first-order valence-corrected chi connectivity index (χ1v) is 9.42. The molecule has 0 aromatic heterocycles. The lowest BCUT2D eigenvalue weighted by Crippen LogP contribution is -2.36. The molecule has 1 fully saturated rings. The van der Waals surface area contributed by atoms with Crippen LogP contribution in [0.1, 0.15) is 37.7 Å². The summed E-state index contributed by atoms with van der Waals surface area (Å²) in [6.45, 7) is 3.47. The number of carbonyl (C=O) groups is 1. The first kappa shape index (κ1) is 18.5. The number of hydrogen-bond acceptors (Lipinski definition) is 5. The first-order valence-electron chi connectivity index (χ1n) is 9.42. The van der Waals surface area contributed by atoms with Gasteiger partial charge in [-0.2, -0.15) is 0 Å². The second kappa shape index (κ2) is 8.85. The molecule has 140 valence electrons. The smallest absolute Gasteiger partial charge is 0.224 e. The lowest BCUT2D eigenvalue weighted by atomic mass is 10.0. The zero-order valence-electron chi connectivity index (χ0n) is 15.2. The van der Waals surface area contributed by atoms with Gasteiger partial charge in [0.1, 0.15) is 5.75 Å². The highest BCUT2D eigenvalue weighted by Gasteiger charge is 2.18. The Morgan fingerprint density at radius 1 is 1.23 bits per heavy atom. The molecular weight excluding hydrogens is 328 g/mol. The Bertz CT molecular complexity index is 699. The molecule has 2 heterocycles. The van der Waals surface area contributed by atoms with Gasteiger partial charge in [-0.25, -0.2) is 0 Å². The Kier molecular flexibility index (Phi) is 6.28. The van der Waals surface area contributed by atoms with Gasteiger partial charge >= 0.3 is 0 Å². The number of nitrogens with two attached hydrogens (primary N) is 1.